The molecule has 1 saturated heterocycles. The second kappa shape index (κ2) is 13.8. The van der Waals surface area contributed by atoms with Gasteiger partial charge in [-0.05, 0) is 25.1 Å². The fourth-order valence-electron chi connectivity index (χ4n) is 3.48. The zero-order chi connectivity index (χ0) is 26.7. The summed E-state index contributed by atoms with van der Waals surface area (Å²) in [7, 11) is 4.88. The molecule has 2 aromatic rings. The Balaban J connectivity index is 0.000000678. The van der Waals surface area contributed by atoms with Crippen LogP contribution < -0.4 is 18.9 Å². The molecule has 2 aromatic carbocycles. The SMILES string of the molecule is COc1cc(OC)c(OC)cc1CN1CCN(C(=O)COc2ccc(C)cc2)CC1.O=C(O)C(=O)O. The van der Waals surface area contributed by atoms with E-state index in [9.17, 15) is 4.79 Å². The lowest BCUT2D eigenvalue weighted by atomic mass is 10.1. The molecule has 0 saturated carbocycles. The zero-order valence-corrected chi connectivity index (χ0v) is 20.9. The maximum absolute atomic E-state index is 12.5. The number of benzene rings is 2. The second-order valence-electron chi connectivity index (χ2n) is 7.89. The Kier molecular flexibility index (Phi) is 10.8. The first-order valence-corrected chi connectivity index (χ1v) is 11.1. The standard InChI is InChI=1S/C23H30N2O5.C2H2O4/c1-17-5-7-19(8-6-17)30-16-23(26)25-11-9-24(10-12-25)15-18-13-21(28-3)22(29-4)14-20(18)27-2;3-1(4)2(5)6/h5-8,13-14H,9-12,15-16H2,1-4H3;(H,3,4)(H,5,6). The molecule has 0 aromatic heterocycles. The third-order valence-corrected chi connectivity index (χ3v) is 5.47. The predicted molar refractivity (Wildman–Crippen MR) is 130 cm³/mol. The van der Waals surface area contributed by atoms with Gasteiger partial charge < -0.3 is 34.1 Å². The van der Waals surface area contributed by atoms with Crippen molar-refractivity contribution in [3.8, 4) is 23.0 Å². The highest BCUT2D eigenvalue weighted by atomic mass is 16.5. The van der Waals surface area contributed by atoms with Crippen LogP contribution in [-0.2, 0) is 20.9 Å². The van der Waals surface area contributed by atoms with E-state index in [4.69, 9.17) is 38.7 Å². The molecule has 2 N–H and O–H groups in total. The quantitative estimate of drug-likeness (QED) is 0.513. The van der Waals surface area contributed by atoms with E-state index in [1.807, 2.05) is 48.2 Å². The average molecular weight is 505 g/mol. The molecular weight excluding hydrogens is 472 g/mol. The highest BCUT2D eigenvalue weighted by molar-refractivity contribution is 6.27. The highest BCUT2D eigenvalue weighted by Gasteiger charge is 2.23. The van der Waals surface area contributed by atoms with E-state index in [-0.39, 0.29) is 12.5 Å². The van der Waals surface area contributed by atoms with E-state index in [0.717, 1.165) is 30.0 Å². The Bertz CT molecular complexity index is 1020. The first kappa shape index (κ1) is 28.2. The normalized spacial score (nSPS) is 13.2. The van der Waals surface area contributed by atoms with Crippen molar-refractivity contribution in [2.75, 3.05) is 54.1 Å². The van der Waals surface area contributed by atoms with Gasteiger partial charge in [0.15, 0.2) is 18.1 Å². The first-order valence-electron chi connectivity index (χ1n) is 11.1. The number of amides is 1. The van der Waals surface area contributed by atoms with Crippen LogP contribution in [-0.4, -0.2) is 92.0 Å². The number of nitrogens with zero attached hydrogens (tertiary/aromatic N) is 2. The zero-order valence-electron chi connectivity index (χ0n) is 20.9. The van der Waals surface area contributed by atoms with Crippen LogP contribution in [0.1, 0.15) is 11.1 Å². The molecule has 11 heteroatoms. The smallest absolute Gasteiger partial charge is 0.414 e. The first-order chi connectivity index (χ1) is 17.2. The van der Waals surface area contributed by atoms with Crippen LogP contribution in [0.5, 0.6) is 23.0 Å². The molecule has 0 aliphatic carbocycles. The van der Waals surface area contributed by atoms with Crippen LogP contribution in [0.3, 0.4) is 0 Å². The molecule has 11 nitrogen and oxygen atoms in total. The van der Waals surface area contributed by atoms with Crippen LogP contribution in [0.15, 0.2) is 36.4 Å². The van der Waals surface area contributed by atoms with Crippen molar-refractivity contribution in [1.82, 2.24) is 9.80 Å². The topological polar surface area (TPSA) is 135 Å². The Morgan fingerprint density at radius 3 is 1.83 bits per heavy atom. The van der Waals surface area contributed by atoms with Crippen molar-refractivity contribution in [3.63, 3.8) is 0 Å². The number of aryl methyl sites for hydroxylation is 1. The fourth-order valence-corrected chi connectivity index (χ4v) is 3.48. The molecule has 1 aliphatic rings. The predicted octanol–water partition coefficient (Wildman–Crippen LogP) is 1.90. The largest absolute Gasteiger partial charge is 0.496 e. The van der Waals surface area contributed by atoms with Crippen LogP contribution in [0.4, 0.5) is 0 Å². The number of carboxylic acid groups (broad SMARTS) is 2. The lowest BCUT2D eigenvalue weighted by molar-refractivity contribution is -0.159. The van der Waals surface area contributed by atoms with Crippen molar-refractivity contribution in [2.24, 2.45) is 0 Å². The Morgan fingerprint density at radius 2 is 1.33 bits per heavy atom. The summed E-state index contributed by atoms with van der Waals surface area (Å²) in [5.74, 6) is -0.841. The number of carbonyl (C=O) groups is 3. The number of rotatable bonds is 8. The summed E-state index contributed by atoms with van der Waals surface area (Å²) < 4.78 is 21.9. The molecule has 0 bridgehead atoms. The van der Waals surface area contributed by atoms with Crippen molar-refractivity contribution in [1.29, 1.82) is 0 Å². The van der Waals surface area contributed by atoms with Crippen molar-refractivity contribution in [3.05, 3.63) is 47.5 Å². The molecule has 1 aliphatic heterocycles. The van der Waals surface area contributed by atoms with Crippen LogP contribution >= 0.6 is 0 Å². The Morgan fingerprint density at radius 1 is 0.806 bits per heavy atom. The van der Waals surface area contributed by atoms with E-state index in [1.54, 1.807) is 21.3 Å². The molecule has 36 heavy (non-hydrogen) atoms. The van der Waals surface area contributed by atoms with E-state index in [0.29, 0.717) is 36.9 Å². The third-order valence-electron chi connectivity index (χ3n) is 5.47. The molecule has 1 amide bonds. The molecule has 3 rings (SSSR count). The summed E-state index contributed by atoms with van der Waals surface area (Å²) in [6.45, 7) is 5.71. The number of hydrogen-bond acceptors (Lipinski definition) is 8. The fraction of sp³-hybridized carbons (Fsp3) is 0.400. The van der Waals surface area contributed by atoms with Gasteiger partial charge in [0.1, 0.15) is 11.5 Å². The van der Waals surface area contributed by atoms with Crippen molar-refractivity contribution >= 4 is 17.8 Å². The minimum atomic E-state index is -1.82. The summed E-state index contributed by atoms with van der Waals surface area (Å²) in [5, 5.41) is 14.8. The van der Waals surface area contributed by atoms with Crippen molar-refractivity contribution in [2.45, 2.75) is 13.5 Å². The van der Waals surface area contributed by atoms with E-state index in [1.165, 1.54) is 0 Å². The number of aliphatic carboxylic acids is 2. The van der Waals surface area contributed by atoms with Gasteiger partial charge in [0, 0.05) is 44.4 Å². The number of carbonyl (C=O) groups excluding carboxylic acids is 1. The van der Waals surface area contributed by atoms with Gasteiger partial charge in [-0.15, -0.1) is 0 Å². The third kappa shape index (κ3) is 8.35. The molecule has 1 fully saturated rings. The molecular formula is C25H32N2O9. The summed E-state index contributed by atoms with van der Waals surface area (Å²) in [6, 6.07) is 11.5. The van der Waals surface area contributed by atoms with Crippen molar-refractivity contribution < 1.29 is 43.5 Å². The number of carboxylic acids is 2. The van der Waals surface area contributed by atoms with Crippen LogP contribution in [0, 0.1) is 6.92 Å². The summed E-state index contributed by atoms with van der Waals surface area (Å²) in [6.07, 6.45) is 0. The summed E-state index contributed by atoms with van der Waals surface area (Å²) in [4.78, 5) is 34.8. The monoisotopic (exact) mass is 504 g/mol. The lowest BCUT2D eigenvalue weighted by Crippen LogP contribution is -2.49. The minimum Gasteiger partial charge on any atom is -0.496 e. The average Bonchev–Trinajstić information content (AvgIpc) is 2.88. The van der Waals surface area contributed by atoms with Crippen LogP contribution in [0.2, 0.25) is 0 Å². The number of methoxy groups -OCH3 is 3. The van der Waals surface area contributed by atoms with Gasteiger partial charge in [0.2, 0.25) is 0 Å². The van der Waals surface area contributed by atoms with Gasteiger partial charge in [-0.1, -0.05) is 17.7 Å². The second-order valence-corrected chi connectivity index (χ2v) is 7.89. The van der Waals surface area contributed by atoms with Gasteiger partial charge in [0.25, 0.3) is 5.91 Å². The maximum Gasteiger partial charge on any atom is 0.414 e. The molecule has 0 atom stereocenters. The molecule has 0 spiro atoms. The maximum atomic E-state index is 12.5. The Hall–Kier alpha value is -3.99. The number of hydrogen-bond donors (Lipinski definition) is 2. The highest BCUT2D eigenvalue weighted by Crippen LogP contribution is 2.35. The summed E-state index contributed by atoms with van der Waals surface area (Å²) in [5.41, 5.74) is 2.19. The molecule has 1 heterocycles. The number of ether oxygens (including phenoxy) is 4. The van der Waals surface area contributed by atoms with E-state index >= 15 is 0 Å². The van der Waals surface area contributed by atoms with E-state index < -0.39 is 11.9 Å². The van der Waals surface area contributed by atoms with E-state index in [2.05, 4.69) is 4.90 Å². The van der Waals surface area contributed by atoms with Gasteiger partial charge in [-0.3, -0.25) is 9.69 Å². The lowest BCUT2D eigenvalue weighted by Gasteiger charge is -2.35. The van der Waals surface area contributed by atoms with Crippen LogP contribution in [0.25, 0.3) is 0 Å². The van der Waals surface area contributed by atoms with Gasteiger partial charge >= 0.3 is 11.9 Å². The minimum absolute atomic E-state index is 0.0129. The molecule has 0 unspecified atom stereocenters. The molecule has 0 radical (unpaired) electrons. The molecule has 196 valence electrons. The van der Waals surface area contributed by atoms with Gasteiger partial charge in [-0.2, -0.15) is 0 Å². The summed E-state index contributed by atoms with van der Waals surface area (Å²) >= 11 is 0. The van der Waals surface area contributed by atoms with Gasteiger partial charge in [-0.25, -0.2) is 9.59 Å². The van der Waals surface area contributed by atoms with Gasteiger partial charge in [0.05, 0.1) is 21.3 Å². The Labute approximate surface area is 209 Å². The number of piperazine rings is 1.